The zero-order chi connectivity index (χ0) is 18.0. The van der Waals surface area contributed by atoms with Gasteiger partial charge >= 0.3 is 5.97 Å². The van der Waals surface area contributed by atoms with E-state index < -0.39 is 34.2 Å². The summed E-state index contributed by atoms with van der Waals surface area (Å²) in [6.45, 7) is 3.12. The van der Waals surface area contributed by atoms with Crippen molar-refractivity contribution >= 4 is 29.4 Å². The SMILES string of the molecule is COC(=O)[C@@H](N)CSCC(=O)C(=O)NCC(C)(C)CO[N+](=O)[O-]. The summed E-state index contributed by atoms with van der Waals surface area (Å²) >= 11 is 1.04. The molecule has 0 spiro atoms. The van der Waals surface area contributed by atoms with Crippen LogP contribution in [-0.4, -0.2) is 60.6 Å². The van der Waals surface area contributed by atoms with E-state index in [4.69, 9.17) is 5.73 Å². The molecule has 0 aromatic heterocycles. The molecule has 0 aromatic rings. The predicted octanol–water partition coefficient (Wildman–Crippen LogP) is -0.860. The van der Waals surface area contributed by atoms with Crippen LogP contribution in [0.4, 0.5) is 0 Å². The molecule has 23 heavy (non-hydrogen) atoms. The summed E-state index contributed by atoms with van der Waals surface area (Å²) in [6.07, 6.45) is 0. The van der Waals surface area contributed by atoms with Gasteiger partial charge in [-0.3, -0.25) is 14.4 Å². The third-order valence-electron chi connectivity index (χ3n) is 2.58. The molecule has 11 heteroatoms. The average Bonchev–Trinajstić information content (AvgIpc) is 2.49. The zero-order valence-corrected chi connectivity index (χ0v) is 14.0. The molecular weight excluding hydrogens is 330 g/mol. The third kappa shape index (κ3) is 9.68. The maximum atomic E-state index is 11.6. The molecule has 0 saturated carbocycles. The highest BCUT2D eigenvalue weighted by Crippen LogP contribution is 2.14. The number of hydrogen-bond donors (Lipinski definition) is 2. The van der Waals surface area contributed by atoms with Gasteiger partial charge in [0.05, 0.1) is 12.9 Å². The van der Waals surface area contributed by atoms with E-state index in [9.17, 15) is 24.5 Å². The van der Waals surface area contributed by atoms with Crippen LogP contribution in [0.5, 0.6) is 0 Å². The molecule has 0 aliphatic rings. The van der Waals surface area contributed by atoms with Crippen LogP contribution in [0.25, 0.3) is 0 Å². The number of ketones is 1. The second kappa shape index (κ2) is 10.0. The van der Waals surface area contributed by atoms with Gasteiger partial charge in [-0.1, -0.05) is 13.8 Å². The van der Waals surface area contributed by atoms with Gasteiger partial charge in [-0.15, -0.1) is 10.1 Å². The highest BCUT2D eigenvalue weighted by atomic mass is 32.2. The molecule has 0 rings (SSSR count). The zero-order valence-electron chi connectivity index (χ0n) is 13.2. The minimum Gasteiger partial charge on any atom is -0.468 e. The number of hydrogen-bond acceptors (Lipinski definition) is 9. The highest BCUT2D eigenvalue weighted by molar-refractivity contribution is 8.00. The van der Waals surface area contributed by atoms with Crippen molar-refractivity contribution in [1.82, 2.24) is 5.32 Å². The summed E-state index contributed by atoms with van der Waals surface area (Å²) in [5.74, 6) is -2.07. The van der Waals surface area contributed by atoms with Gasteiger partial charge in [0.1, 0.15) is 12.6 Å². The summed E-state index contributed by atoms with van der Waals surface area (Å²) in [7, 11) is 1.20. The van der Waals surface area contributed by atoms with Crippen LogP contribution in [0.2, 0.25) is 0 Å². The lowest BCUT2D eigenvalue weighted by molar-refractivity contribution is -0.760. The Morgan fingerprint density at radius 2 is 2.00 bits per heavy atom. The van der Waals surface area contributed by atoms with E-state index in [2.05, 4.69) is 14.9 Å². The van der Waals surface area contributed by atoms with Crippen LogP contribution >= 0.6 is 11.8 Å². The maximum Gasteiger partial charge on any atom is 0.323 e. The van der Waals surface area contributed by atoms with Crippen molar-refractivity contribution in [2.24, 2.45) is 11.1 Å². The molecule has 1 amide bonds. The van der Waals surface area contributed by atoms with Gasteiger partial charge < -0.3 is 20.6 Å². The molecule has 3 N–H and O–H groups in total. The van der Waals surface area contributed by atoms with E-state index in [1.54, 1.807) is 13.8 Å². The Labute approximate surface area is 137 Å². The lowest BCUT2D eigenvalue weighted by Crippen LogP contribution is -2.41. The van der Waals surface area contributed by atoms with E-state index in [1.165, 1.54) is 7.11 Å². The van der Waals surface area contributed by atoms with E-state index in [1.807, 2.05) is 0 Å². The molecule has 0 aromatic carbocycles. The predicted molar refractivity (Wildman–Crippen MR) is 82.1 cm³/mol. The summed E-state index contributed by atoms with van der Waals surface area (Å²) in [4.78, 5) is 48.7. The second-order valence-electron chi connectivity index (χ2n) is 5.41. The second-order valence-corrected chi connectivity index (χ2v) is 6.44. The van der Waals surface area contributed by atoms with Crippen molar-refractivity contribution < 1.29 is 29.0 Å². The average molecular weight is 351 g/mol. The Morgan fingerprint density at radius 1 is 1.39 bits per heavy atom. The lowest BCUT2D eigenvalue weighted by atomic mass is 9.95. The number of ether oxygens (including phenoxy) is 1. The first-order valence-electron chi connectivity index (χ1n) is 6.58. The number of amides is 1. The van der Waals surface area contributed by atoms with Crippen LogP contribution in [0.1, 0.15) is 13.8 Å². The first-order chi connectivity index (χ1) is 10.6. The van der Waals surface area contributed by atoms with E-state index in [0.717, 1.165) is 11.8 Å². The molecule has 132 valence electrons. The lowest BCUT2D eigenvalue weighted by Gasteiger charge is -2.23. The number of rotatable bonds is 11. The fourth-order valence-corrected chi connectivity index (χ4v) is 2.08. The van der Waals surface area contributed by atoms with Gasteiger partial charge in [-0.05, 0) is 0 Å². The number of methoxy groups -OCH3 is 1. The normalized spacial score (nSPS) is 12.2. The summed E-state index contributed by atoms with van der Waals surface area (Å²) in [6, 6.07) is -0.862. The molecule has 0 radical (unpaired) electrons. The number of carbonyl (C=O) groups is 3. The summed E-state index contributed by atoms with van der Waals surface area (Å²) in [5, 5.41) is 11.6. The van der Waals surface area contributed by atoms with E-state index in [-0.39, 0.29) is 24.7 Å². The number of nitrogens with one attached hydrogen (secondary N) is 1. The molecule has 0 saturated heterocycles. The van der Waals surface area contributed by atoms with Crippen LogP contribution in [-0.2, 0) is 24.0 Å². The largest absolute Gasteiger partial charge is 0.468 e. The molecular formula is C12H21N3O7S. The van der Waals surface area contributed by atoms with Gasteiger partial charge in [0.2, 0.25) is 5.78 Å². The van der Waals surface area contributed by atoms with Gasteiger partial charge in [0, 0.05) is 17.7 Å². The maximum absolute atomic E-state index is 11.6. The number of nitrogens with zero attached hydrogens (tertiary/aromatic N) is 1. The first kappa shape index (κ1) is 21.1. The van der Waals surface area contributed by atoms with Crippen LogP contribution in [0, 0.1) is 15.5 Å². The van der Waals surface area contributed by atoms with Gasteiger partial charge in [0.25, 0.3) is 11.0 Å². The molecule has 0 unspecified atom stereocenters. The minimum atomic E-state index is -0.921. The fourth-order valence-electron chi connectivity index (χ4n) is 1.26. The Kier molecular flexibility index (Phi) is 9.18. The standard InChI is InChI=1S/C12H21N3O7S/c1-12(2,7-22-15(19)20)6-14-10(17)9(16)5-23-4-8(13)11(18)21-3/h8H,4-7,13H2,1-3H3,(H,14,17)/t8-/m0/s1. The number of nitrogens with two attached hydrogens (primary N) is 1. The van der Waals surface area contributed by atoms with Crippen molar-refractivity contribution in [2.75, 3.05) is 31.8 Å². The Hall–Kier alpha value is -1.88. The Morgan fingerprint density at radius 3 is 2.52 bits per heavy atom. The number of Topliss-reactive ketones (excluding diaryl/α,β-unsaturated/α-hetero) is 1. The van der Waals surface area contributed by atoms with Crippen molar-refractivity contribution in [1.29, 1.82) is 0 Å². The quantitative estimate of drug-likeness (QED) is 0.210. The highest BCUT2D eigenvalue weighted by Gasteiger charge is 2.23. The minimum absolute atomic E-state index is 0.0394. The smallest absolute Gasteiger partial charge is 0.323 e. The Bertz CT molecular complexity index is 456. The van der Waals surface area contributed by atoms with Crippen LogP contribution in [0.3, 0.4) is 0 Å². The van der Waals surface area contributed by atoms with E-state index in [0.29, 0.717) is 0 Å². The third-order valence-corrected chi connectivity index (χ3v) is 3.64. The molecule has 0 aliphatic heterocycles. The first-order valence-corrected chi connectivity index (χ1v) is 7.74. The number of carbonyl (C=O) groups excluding carboxylic acids is 3. The van der Waals surface area contributed by atoms with Crippen LogP contribution < -0.4 is 11.1 Å². The van der Waals surface area contributed by atoms with Crippen molar-refractivity contribution in [3.63, 3.8) is 0 Å². The number of esters is 1. The van der Waals surface area contributed by atoms with E-state index >= 15 is 0 Å². The fraction of sp³-hybridized carbons (Fsp3) is 0.750. The van der Waals surface area contributed by atoms with Crippen molar-refractivity contribution in [3.8, 4) is 0 Å². The molecule has 10 nitrogen and oxygen atoms in total. The van der Waals surface area contributed by atoms with Gasteiger partial charge in [-0.2, -0.15) is 11.8 Å². The topological polar surface area (TPSA) is 151 Å². The molecule has 0 aliphatic carbocycles. The number of thioether (sulfide) groups is 1. The molecule has 1 atom stereocenters. The van der Waals surface area contributed by atoms with Gasteiger partial charge in [-0.25, -0.2) is 0 Å². The molecule has 0 bridgehead atoms. The van der Waals surface area contributed by atoms with Crippen LogP contribution in [0.15, 0.2) is 0 Å². The van der Waals surface area contributed by atoms with Gasteiger partial charge in [0.15, 0.2) is 0 Å². The monoisotopic (exact) mass is 351 g/mol. The molecule has 0 fully saturated rings. The molecule has 0 heterocycles. The van der Waals surface area contributed by atoms with Crippen molar-refractivity contribution in [2.45, 2.75) is 19.9 Å². The summed E-state index contributed by atoms with van der Waals surface area (Å²) in [5.41, 5.74) is 4.78. The van der Waals surface area contributed by atoms with Crippen molar-refractivity contribution in [3.05, 3.63) is 10.1 Å². The summed E-state index contributed by atoms with van der Waals surface area (Å²) < 4.78 is 4.43. The Balaban J connectivity index is 4.09.